The second-order valence-electron chi connectivity index (χ2n) is 11.7. The Bertz CT molecular complexity index is 1790. The molecular formula is C34H27ClN2O7. The normalized spacial score (nSPS) is 29.2. The number of halogens is 1. The predicted octanol–water partition coefficient (Wildman–Crippen LogP) is 4.97. The first-order valence-corrected chi connectivity index (χ1v) is 14.7. The quantitative estimate of drug-likeness (QED) is 0.328. The maximum absolute atomic E-state index is 15.0. The van der Waals surface area contributed by atoms with Gasteiger partial charge >= 0.3 is 6.09 Å². The number of carbonyl (C=O) groups excluding carboxylic acids is 5. The Kier molecular flexibility index (Phi) is 6.48. The molecule has 6 unspecified atom stereocenters. The van der Waals surface area contributed by atoms with Gasteiger partial charge in [-0.1, -0.05) is 71.8 Å². The first kappa shape index (κ1) is 28.0. The van der Waals surface area contributed by atoms with Crippen LogP contribution in [0.5, 0.6) is 5.75 Å². The van der Waals surface area contributed by atoms with Crippen molar-refractivity contribution in [3.05, 3.63) is 107 Å². The van der Waals surface area contributed by atoms with Gasteiger partial charge in [-0.3, -0.25) is 19.2 Å². The minimum absolute atomic E-state index is 0.0221. The maximum Gasteiger partial charge on any atom is 0.423 e. The molecule has 0 radical (unpaired) electrons. The molecule has 0 aromatic heterocycles. The zero-order valence-electron chi connectivity index (χ0n) is 23.6. The first-order chi connectivity index (χ1) is 21.2. The zero-order valence-corrected chi connectivity index (χ0v) is 24.3. The molecule has 6 atom stereocenters. The van der Waals surface area contributed by atoms with Gasteiger partial charge in [-0.25, -0.2) is 9.69 Å². The third kappa shape index (κ3) is 3.75. The summed E-state index contributed by atoms with van der Waals surface area (Å²) in [5.74, 6) is -6.31. The number of carbonyl (C=O) groups is 5. The number of likely N-dealkylation sites (tertiary alicyclic amines) is 1. The van der Waals surface area contributed by atoms with E-state index >= 15 is 4.79 Å². The number of nitrogens with zero attached hydrogens (tertiary/aromatic N) is 2. The van der Waals surface area contributed by atoms with Crippen LogP contribution in [0.1, 0.15) is 29.9 Å². The van der Waals surface area contributed by atoms with E-state index in [0.717, 1.165) is 12.7 Å². The summed E-state index contributed by atoms with van der Waals surface area (Å²) in [7, 11) is 1.11. The second-order valence-corrected chi connectivity index (χ2v) is 12.1. The Labute approximate surface area is 257 Å². The van der Waals surface area contributed by atoms with E-state index in [1.165, 1.54) is 11.0 Å². The van der Waals surface area contributed by atoms with Crippen molar-refractivity contribution in [1.29, 1.82) is 0 Å². The van der Waals surface area contributed by atoms with Crippen molar-refractivity contribution in [2.45, 2.75) is 24.2 Å². The molecule has 1 saturated carbocycles. The minimum atomic E-state index is -1.45. The highest BCUT2D eigenvalue weighted by Gasteiger charge is 2.70. The number of methoxy groups -OCH3 is 1. The van der Waals surface area contributed by atoms with E-state index in [9.17, 15) is 24.3 Å². The molecule has 3 aromatic rings. The summed E-state index contributed by atoms with van der Waals surface area (Å²) in [5, 5.41) is 11.0. The molecule has 2 saturated heterocycles. The monoisotopic (exact) mass is 610 g/mol. The van der Waals surface area contributed by atoms with Gasteiger partial charge in [-0.2, -0.15) is 4.90 Å². The molecule has 7 rings (SSSR count). The van der Waals surface area contributed by atoms with Gasteiger partial charge in [-0.15, -0.1) is 0 Å². The van der Waals surface area contributed by atoms with E-state index in [1.807, 2.05) is 36.4 Å². The van der Waals surface area contributed by atoms with E-state index in [0.29, 0.717) is 26.7 Å². The first-order valence-electron chi connectivity index (χ1n) is 14.3. The molecule has 44 heavy (non-hydrogen) atoms. The average Bonchev–Trinajstić information content (AvgIpc) is 3.41. The van der Waals surface area contributed by atoms with E-state index in [-0.39, 0.29) is 18.6 Å². The van der Waals surface area contributed by atoms with Crippen LogP contribution in [0.3, 0.4) is 0 Å². The van der Waals surface area contributed by atoms with Crippen molar-refractivity contribution < 1.29 is 33.8 Å². The highest BCUT2D eigenvalue weighted by molar-refractivity contribution is 6.32. The molecule has 3 fully saturated rings. The third-order valence-electron chi connectivity index (χ3n) is 9.73. The molecule has 2 aliphatic heterocycles. The van der Waals surface area contributed by atoms with Crippen LogP contribution in [0, 0.1) is 23.7 Å². The molecule has 2 aliphatic carbocycles. The Morgan fingerprint density at radius 2 is 1.66 bits per heavy atom. The van der Waals surface area contributed by atoms with Gasteiger partial charge < -0.3 is 9.84 Å². The van der Waals surface area contributed by atoms with Crippen LogP contribution in [0.15, 0.2) is 90.5 Å². The number of fused-ring (bicyclic) bond motifs is 4. The molecule has 9 nitrogen and oxygen atoms in total. The van der Waals surface area contributed by atoms with Gasteiger partial charge in [0.1, 0.15) is 5.75 Å². The van der Waals surface area contributed by atoms with Crippen LogP contribution in [0.4, 0.5) is 10.5 Å². The Balaban J connectivity index is 1.49. The number of benzene rings is 3. The van der Waals surface area contributed by atoms with Crippen molar-refractivity contribution in [2.24, 2.45) is 23.7 Å². The van der Waals surface area contributed by atoms with Gasteiger partial charge in [0.05, 0.1) is 36.0 Å². The number of amides is 5. The topological polar surface area (TPSA) is 121 Å². The number of allylic oxidation sites excluding steroid dienone is 2. The highest BCUT2D eigenvalue weighted by Crippen LogP contribution is 2.64. The molecule has 2 heterocycles. The molecule has 4 aliphatic rings. The van der Waals surface area contributed by atoms with Crippen molar-refractivity contribution in [3.8, 4) is 5.75 Å². The lowest BCUT2D eigenvalue weighted by molar-refractivity contribution is -0.138. The molecule has 5 amide bonds. The fraction of sp³-hybridized carbons (Fsp3) is 0.265. The number of anilines is 1. The molecule has 0 spiro atoms. The molecule has 222 valence electrons. The van der Waals surface area contributed by atoms with Crippen LogP contribution in [0.25, 0.3) is 0 Å². The van der Waals surface area contributed by atoms with Crippen LogP contribution in [-0.2, 0) is 29.3 Å². The maximum atomic E-state index is 15.0. The summed E-state index contributed by atoms with van der Waals surface area (Å²) in [6.07, 6.45) is 1.09. The minimum Gasteiger partial charge on any atom is -0.508 e. The summed E-state index contributed by atoms with van der Waals surface area (Å²) < 4.78 is 4.75. The smallest absolute Gasteiger partial charge is 0.423 e. The fourth-order valence-electron chi connectivity index (χ4n) is 8.09. The van der Waals surface area contributed by atoms with Crippen LogP contribution >= 0.6 is 11.6 Å². The van der Waals surface area contributed by atoms with Crippen LogP contribution < -0.4 is 4.90 Å². The average molecular weight is 611 g/mol. The Morgan fingerprint density at radius 3 is 2.36 bits per heavy atom. The molecule has 0 bridgehead atoms. The second kappa shape index (κ2) is 10.2. The number of phenols is 1. The molecule has 10 heteroatoms. The number of imide groups is 4. The van der Waals surface area contributed by atoms with Gasteiger partial charge in [0, 0.05) is 10.9 Å². The lowest BCUT2D eigenvalue weighted by Crippen LogP contribution is -2.53. The fourth-order valence-corrected chi connectivity index (χ4v) is 8.28. The Morgan fingerprint density at radius 1 is 0.909 bits per heavy atom. The van der Waals surface area contributed by atoms with Gasteiger partial charge in [0.25, 0.3) is 0 Å². The van der Waals surface area contributed by atoms with Gasteiger partial charge in [0.2, 0.25) is 23.6 Å². The third-order valence-corrected chi connectivity index (χ3v) is 9.96. The SMILES string of the molecule is COC(=O)N1C(=O)C2CC=C3C(CC4C(=O)N(c5cccc(Cl)c5)C(=O)C4(c4ccccc4)C3c3cccc(O)c3)C2C1=O. The van der Waals surface area contributed by atoms with Gasteiger partial charge in [0.15, 0.2) is 0 Å². The number of rotatable bonds is 3. The molecule has 1 N–H and O–H groups in total. The zero-order chi connectivity index (χ0) is 30.9. The van der Waals surface area contributed by atoms with Crippen LogP contribution in [-0.4, -0.2) is 46.8 Å². The van der Waals surface area contributed by atoms with Crippen LogP contribution in [0.2, 0.25) is 5.02 Å². The van der Waals surface area contributed by atoms with Crippen molar-refractivity contribution in [2.75, 3.05) is 12.0 Å². The summed E-state index contributed by atoms with van der Waals surface area (Å²) in [5.41, 5.74) is 0.804. The van der Waals surface area contributed by atoms with Crippen molar-refractivity contribution >= 4 is 47.0 Å². The number of aromatic hydroxyl groups is 1. The largest absolute Gasteiger partial charge is 0.508 e. The summed E-state index contributed by atoms with van der Waals surface area (Å²) in [6.45, 7) is 0. The molecular weight excluding hydrogens is 584 g/mol. The number of hydrogen-bond acceptors (Lipinski definition) is 7. The number of hydrogen-bond donors (Lipinski definition) is 1. The summed E-state index contributed by atoms with van der Waals surface area (Å²) in [4.78, 5) is 70.9. The van der Waals surface area contributed by atoms with Crippen molar-refractivity contribution in [3.63, 3.8) is 0 Å². The lowest BCUT2D eigenvalue weighted by atomic mass is 9.49. The number of phenolic OH excluding ortho intramolecular Hbond substituents is 1. The lowest BCUT2D eigenvalue weighted by Gasteiger charge is -2.50. The van der Waals surface area contributed by atoms with E-state index in [2.05, 4.69) is 0 Å². The van der Waals surface area contributed by atoms with Gasteiger partial charge in [-0.05, 0) is 60.2 Å². The highest BCUT2D eigenvalue weighted by atomic mass is 35.5. The standard InChI is InChI=1S/C34H27ClN2O7/c1-44-33(43)37-29(39)24-14-13-23-25(27(24)31(37)41)17-26-30(40)36(21-11-6-10-20(35)16-21)32(42)34(26,19-8-3-2-4-9-19)28(23)18-7-5-12-22(38)15-18/h2-13,15-16,24-28,38H,14,17H2,1H3. The number of ether oxygens (including phenoxy) is 1. The van der Waals surface area contributed by atoms with E-state index in [1.54, 1.807) is 42.5 Å². The summed E-state index contributed by atoms with van der Waals surface area (Å²) in [6, 6.07) is 22.2. The van der Waals surface area contributed by atoms with E-state index in [4.69, 9.17) is 16.3 Å². The predicted molar refractivity (Wildman–Crippen MR) is 158 cm³/mol. The van der Waals surface area contributed by atoms with E-state index < -0.39 is 64.7 Å². The Hall–Kier alpha value is -4.76. The summed E-state index contributed by atoms with van der Waals surface area (Å²) >= 11 is 6.31. The molecule has 3 aromatic carbocycles. The van der Waals surface area contributed by atoms with Crippen molar-refractivity contribution in [1.82, 2.24) is 4.90 Å².